The third kappa shape index (κ3) is 3.49. The molecule has 3 aromatic heterocycles. The van der Waals surface area contributed by atoms with Crippen LogP contribution in [0.15, 0.2) is 41.4 Å². The standard InChI is InChI=1S/C22H21N5O3S/c1-29-22(28)16-12-17(31-2)18-19(24-16)21(27-8-10-30-11-9-27)26-20(25-18)14-4-3-5-15-13(14)6-7-23-15/h3-7,12,23H,8-11H2,1-2H3. The van der Waals surface area contributed by atoms with Crippen LogP contribution >= 0.6 is 11.8 Å². The van der Waals surface area contributed by atoms with Crippen LogP contribution in [-0.2, 0) is 9.47 Å². The Morgan fingerprint density at radius 1 is 1.16 bits per heavy atom. The lowest BCUT2D eigenvalue weighted by molar-refractivity contribution is 0.0594. The minimum atomic E-state index is -0.480. The van der Waals surface area contributed by atoms with E-state index in [0.717, 1.165) is 26.9 Å². The number of aromatic amines is 1. The number of thioether (sulfide) groups is 1. The lowest BCUT2D eigenvalue weighted by Gasteiger charge is -2.28. The number of aromatic nitrogens is 4. The van der Waals surface area contributed by atoms with Gasteiger partial charge in [-0.05, 0) is 24.5 Å². The zero-order chi connectivity index (χ0) is 21.4. The minimum Gasteiger partial charge on any atom is -0.464 e. The van der Waals surface area contributed by atoms with Crippen molar-refractivity contribution in [1.29, 1.82) is 0 Å². The SMILES string of the molecule is COC(=O)c1cc(SC)c2nc(-c3cccc4[nH]ccc34)nc(N3CCOCC3)c2n1. The Labute approximate surface area is 183 Å². The van der Waals surface area contributed by atoms with E-state index >= 15 is 0 Å². The number of esters is 1. The number of methoxy groups -OCH3 is 1. The fourth-order valence-electron chi connectivity index (χ4n) is 3.82. The van der Waals surface area contributed by atoms with Gasteiger partial charge in [-0.15, -0.1) is 11.8 Å². The molecular formula is C22H21N5O3S. The van der Waals surface area contributed by atoms with Crippen molar-refractivity contribution >= 4 is 45.5 Å². The van der Waals surface area contributed by atoms with Gasteiger partial charge >= 0.3 is 5.97 Å². The van der Waals surface area contributed by atoms with Crippen molar-refractivity contribution < 1.29 is 14.3 Å². The molecule has 0 unspecified atom stereocenters. The lowest BCUT2D eigenvalue weighted by atomic mass is 10.1. The Balaban J connectivity index is 1.80. The van der Waals surface area contributed by atoms with Crippen molar-refractivity contribution in [3.8, 4) is 11.4 Å². The van der Waals surface area contributed by atoms with E-state index in [1.807, 2.05) is 36.7 Å². The molecule has 1 aromatic carbocycles. The summed E-state index contributed by atoms with van der Waals surface area (Å²) in [6, 6.07) is 9.80. The summed E-state index contributed by atoms with van der Waals surface area (Å²) in [6.45, 7) is 2.61. The zero-order valence-corrected chi connectivity index (χ0v) is 18.0. The van der Waals surface area contributed by atoms with Crippen LogP contribution < -0.4 is 4.90 Å². The molecule has 0 radical (unpaired) electrons. The summed E-state index contributed by atoms with van der Waals surface area (Å²) in [5.74, 6) is 0.852. The third-order valence-corrected chi connectivity index (χ3v) is 6.11. The Morgan fingerprint density at radius 2 is 2.00 bits per heavy atom. The van der Waals surface area contributed by atoms with Gasteiger partial charge in [0, 0.05) is 40.6 Å². The number of fused-ring (bicyclic) bond motifs is 2. The van der Waals surface area contributed by atoms with Gasteiger partial charge in [0.15, 0.2) is 11.6 Å². The number of ether oxygens (including phenoxy) is 2. The van der Waals surface area contributed by atoms with Gasteiger partial charge < -0.3 is 19.4 Å². The van der Waals surface area contributed by atoms with Crippen molar-refractivity contribution in [2.45, 2.75) is 4.90 Å². The molecule has 1 aliphatic rings. The molecule has 0 saturated carbocycles. The van der Waals surface area contributed by atoms with Crippen molar-refractivity contribution in [1.82, 2.24) is 19.9 Å². The summed E-state index contributed by atoms with van der Waals surface area (Å²) in [5.41, 5.74) is 3.54. The molecule has 1 saturated heterocycles. The molecule has 0 atom stereocenters. The highest BCUT2D eigenvalue weighted by Gasteiger charge is 2.23. The number of hydrogen-bond donors (Lipinski definition) is 1. The highest BCUT2D eigenvalue weighted by Crippen LogP contribution is 2.34. The van der Waals surface area contributed by atoms with E-state index in [-0.39, 0.29) is 5.69 Å². The van der Waals surface area contributed by atoms with E-state index in [0.29, 0.717) is 43.5 Å². The zero-order valence-electron chi connectivity index (χ0n) is 17.2. The summed E-state index contributed by atoms with van der Waals surface area (Å²) in [7, 11) is 1.35. The van der Waals surface area contributed by atoms with Gasteiger partial charge in [0.2, 0.25) is 0 Å². The van der Waals surface area contributed by atoms with Gasteiger partial charge in [-0.2, -0.15) is 0 Å². The van der Waals surface area contributed by atoms with Crippen LogP contribution in [0.1, 0.15) is 10.5 Å². The van der Waals surface area contributed by atoms with Gasteiger partial charge in [0.1, 0.15) is 16.7 Å². The second-order valence-corrected chi connectivity index (χ2v) is 7.96. The maximum absolute atomic E-state index is 12.2. The monoisotopic (exact) mass is 435 g/mol. The van der Waals surface area contributed by atoms with Crippen molar-refractivity contribution in [2.24, 2.45) is 0 Å². The molecule has 1 N–H and O–H groups in total. The maximum atomic E-state index is 12.2. The lowest BCUT2D eigenvalue weighted by Crippen LogP contribution is -2.37. The Hall–Kier alpha value is -3.17. The number of rotatable bonds is 4. The molecule has 31 heavy (non-hydrogen) atoms. The molecule has 9 heteroatoms. The number of H-pyrrole nitrogens is 1. The number of carbonyl (C=O) groups is 1. The molecule has 0 amide bonds. The van der Waals surface area contributed by atoms with Crippen LogP contribution in [0.2, 0.25) is 0 Å². The molecule has 5 rings (SSSR count). The molecule has 0 aliphatic carbocycles. The number of pyridine rings is 1. The molecule has 1 aliphatic heterocycles. The molecule has 0 spiro atoms. The third-order valence-electron chi connectivity index (χ3n) is 5.36. The number of carbonyl (C=O) groups excluding carboxylic acids is 1. The molecular weight excluding hydrogens is 414 g/mol. The number of benzene rings is 1. The van der Waals surface area contributed by atoms with Gasteiger partial charge in [0.05, 0.1) is 20.3 Å². The fraction of sp³-hybridized carbons (Fsp3) is 0.273. The Bertz CT molecular complexity index is 1280. The summed E-state index contributed by atoms with van der Waals surface area (Å²) in [4.78, 5) is 33.0. The van der Waals surface area contributed by atoms with E-state index in [2.05, 4.69) is 14.9 Å². The van der Waals surface area contributed by atoms with Crippen LogP contribution in [-0.4, -0.2) is 65.6 Å². The maximum Gasteiger partial charge on any atom is 0.356 e. The number of anilines is 1. The van der Waals surface area contributed by atoms with Crippen LogP contribution in [0.25, 0.3) is 33.3 Å². The van der Waals surface area contributed by atoms with Crippen LogP contribution in [0.4, 0.5) is 5.82 Å². The average molecular weight is 436 g/mol. The molecule has 4 aromatic rings. The first-order chi connectivity index (χ1) is 15.2. The highest BCUT2D eigenvalue weighted by atomic mass is 32.2. The molecule has 0 bridgehead atoms. The molecule has 8 nitrogen and oxygen atoms in total. The molecule has 4 heterocycles. The fourth-order valence-corrected chi connectivity index (χ4v) is 4.39. The van der Waals surface area contributed by atoms with E-state index in [4.69, 9.17) is 19.4 Å². The van der Waals surface area contributed by atoms with E-state index in [1.54, 1.807) is 6.07 Å². The number of morpholine rings is 1. The number of nitrogens with one attached hydrogen (secondary N) is 1. The smallest absolute Gasteiger partial charge is 0.356 e. The van der Waals surface area contributed by atoms with Crippen LogP contribution in [0.3, 0.4) is 0 Å². The van der Waals surface area contributed by atoms with Gasteiger partial charge in [-0.1, -0.05) is 12.1 Å². The second kappa shape index (κ2) is 8.16. The average Bonchev–Trinajstić information content (AvgIpc) is 3.31. The van der Waals surface area contributed by atoms with E-state index in [1.165, 1.54) is 18.9 Å². The first-order valence-electron chi connectivity index (χ1n) is 9.94. The number of nitrogens with zero attached hydrogens (tertiary/aromatic N) is 4. The second-order valence-electron chi connectivity index (χ2n) is 7.11. The van der Waals surface area contributed by atoms with Crippen molar-refractivity contribution in [2.75, 3.05) is 44.6 Å². The van der Waals surface area contributed by atoms with Crippen molar-refractivity contribution in [3.63, 3.8) is 0 Å². The summed E-state index contributed by atoms with van der Waals surface area (Å²) in [6.07, 6.45) is 3.87. The van der Waals surface area contributed by atoms with Crippen LogP contribution in [0.5, 0.6) is 0 Å². The summed E-state index contributed by atoms with van der Waals surface area (Å²) in [5, 5.41) is 1.06. The number of hydrogen-bond acceptors (Lipinski definition) is 8. The Kier molecular flexibility index (Phi) is 5.21. The first kappa shape index (κ1) is 19.8. The first-order valence-corrected chi connectivity index (χ1v) is 11.2. The molecule has 158 valence electrons. The quantitative estimate of drug-likeness (QED) is 0.384. The van der Waals surface area contributed by atoms with Crippen LogP contribution in [0, 0.1) is 0 Å². The normalized spacial score (nSPS) is 14.3. The van der Waals surface area contributed by atoms with E-state index < -0.39 is 5.97 Å². The Morgan fingerprint density at radius 3 is 2.77 bits per heavy atom. The van der Waals surface area contributed by atoms with E-state index in [9.17, 15) is 4.79 Å². The minimum absolute atomic E-state index is 0.248. The summed E-state index contributed by atoms with van der Waals surface area (Å²) >= 11 is 1.52. The largest absolute Gasteiger partial charge is 0.464 e. The van der Waals surface area contributed by atoms with Gasteiger partial charge in [-0.3, -0.25) is 0 Å². The predicted octanol–water partition coefficient (Wildman–Crippen LogP) is 3.52. The predicted molar refractivity (Wildman–Crippen MR) is 121 cm³/mol. The topological polar surface area (TPSA) is 93.2 Å². The van der Waals surface area contributed by atoms with Crippen molar-refractivity contribution in [3.05, 3.63) is 42.2 Å². The van der Waals surface area contributed by atoms with Gasteiger partial charge in [0.25, 0.3) is 0 Å². The van der Waals surface area contributed by atoms with Gasteiger partial charge in [-0.25, -0.2) is 19.7 Å². The highest BCUT2D eigenvalue weighted by molar-refractivity contribution is 7.98. The summed E-state index contributed by atoms with van der Waals surface area (Å²) < 4.78 is 10.4. The molecule has 1 fully saturated rings.